The maximum absolute atomic E-state index is 5.73. The van der Waals surface area contributed by atoms with Crippen molar-refractivity contribution < 1.29 is 4.74 Å². The molecule has 0 amide bonds. The Morgan fingerprint density at radius 1 is 1.45 bits per heavy atom. The summed E-state index contributed by atoms with van der Waals surface area (Å²) in [4.78, 5) is 9.82. The van der Waals surface area contributed by atoms with Gasteiger partial charge in [0.15, 0.2) is 0 Å². The summed E-state index contributed by atoms with van der Waals surface area (Å²) in [6.45, 7) is 10.00. The molecule has 1 aromatic rings. The molecule has 2 aliphatic rings. The largest absolute Gasteiger partial charge is 0.381 e. The van der Waals surface area contributed by atoms with Crippen molar-refractivity contribution in [1.29, 1.82) is 0 Å². The fourth-order valence-corrected chi connectivity index (χ4v) is 4.51. The van der Waals surface area contributed by atoms with Gasteiger partial charge in [-0.25, -0.2) is 4.98 Å². The summed E-state index contributed by atoms with van der Waals surface area (Å²) < 4.78 is 5.73. The number of thiazole rings is 1. The first-order valence-electron chi connectivity index (χ1n) is 7.61. The molecule has 3 rings (SSSR count). The van der Waals surface area contributed by atoms with Crippen LogP contribution in [0.25, 0.3) is 0 Å². The highest BCUT2D eigenvalue weighted by atomic mass is 32.1. The molecule has 0 saturated carbocycles. The van der Waals surface area contributed by atoms with E-state index in [1.54, 1.807) is 11.3 Å². The smallest absolute Gasteiger partial charge is 0.107 e. The first-order valence-corrected chi connectivity index (χ1v) is 8.49. The zero-order valence-electron chi connectivity index (χ0n) is 12.7. The molecular weight excluding hydrogens is 270 g/mol. The molecule has 0 unspecified atom stereocenters. The maximum atomic E-state index is 5.73. The molecule has 1 aromatic heterocycles. The number of piperidine rings is 1. The zero-order valence-corrected chi connectivity index (χ0v) is 13.5. The second-order valence-corrected chi connectivity index (χ2v) is 6.94. The maximum Gasteiger partial charge on any atom is 0.107 e. The minimum atomic E-state index is 0.436. The summed E-state index contributed by atoms with van der Waals surface area (Å²) in [5, 5.41) is 3.41. The number of rotatable bonds is 4. The number of likely N-dealkylation sites (N-methyl/N-ethyl adjacent to an activating group) is 1. The number of aryl methyl sites for hydroxylation is 1. The van der Waals surface area contributed by atoms with Crippen molar-refractivity contribution in [2.24, 2.45) is 5.92 Å². The normalized spacial score (nSPS) is 31.6. The van der Waals surface area contributed by atoms with Gasteiger partial charge in [-0.1, -0.05) is 6.92 Å². The van der Waals surface area contributed by atoms with E-state index in [0.29, 0.717) is 18.1 Å². The van der Waals surface area contributed by atoms with Gasteiger partial charge in [-0.3, -0.25) is 4.90 Å². The lowest BCUT2D eigenvalue weighted by Gasteiger charge is -2.40. The molecule has 2 aliphatic heterocycles. The van der Waals surface area contributed by atoms with Gasteiger partial charge in [0.1, 0.15) is 5.01 Å². The third kappa shape index (κ3) is 2.77. The zero-order chi connectivity index (χ0) is 14.1. The fourth-order valence-electron chi connectivity index (χ4n) is 3.72. The summed E-state index contributed by atoms with van der Waals surface area (Å²) >= 11 is 1.79. The second kappa shape index (κ2) is 6.10. The molecule has 20 heavy (non-hydrogen) atoms. The second-order valence-electron chi connectivity index (χ2n) is 6.00. The highest BCUT2D eigenvalue weighted by Crippen LogP contribution is 2.33. The van der Waals surface area contributed by atoms with Crippen LogP contribution in [-0.2, 0) is 11.3 Å². The van der Waals surface area contributed by atoms with Crippen molar-refractivity contribution in [3.05, 3.63) is 16.1 Å². The monoisotopic (exact) mass is 295 g/mol. The first kappa shape index (κ1) is 14.4. The number of hydrogen-bond acceptors (Lipinski definition) is 5. The molecule has 2 fully saturated rings. The highest BCUT2D eigenvalue weighted by Gasteiger charge is 2.43. The van der Waals surface area contributed by atoms with Crippen LogP contribution in [0, 0.1) is 12.8 Å². The third-order valence-corrected chi connectivity index (χ3v) is 5.76. The van der Waals surface area contributed by atoms with E-state index in [1.807, 2.05) is 7.11 Å². The average Bonchev–Trinajstić information content (AvgIpc) is 3.05. The van der Waals surface area contributed by atoms with Crippen LogP contribution in [0.1, 0.15) is 24.0 Å². The highest BCUT2D eigenvalue weighted by molar-refractivity contribution is 7.09. The number of aromatic nitrogens is 1. The predicted octanol–water partition coefficient (Wildman–Crippen LogP) is 1.99. The topological polar surface area (TPSA) is 28.6 Å². The number of hydrogen-bond donors (Lipinski definition) is 0. The number of likely N-dealkylation sites (tertiary alicyclic amines) is 2. The molecule has 4 nitrogen and oxygen atoms in total. The average molecular weight is 295 g/mol. The SMILES string of the molecule is CCN1C[C@H]2[C@H](OC)CCN(Cc3nc(C)cs3)[C@H]2C1. The van der Waals surface area contributed by atoms with Crippen LogP contribution in [0.2, 0.25) is 0 Å². The van der Waals surface area contributed by atoms with Gasteiger partial charge in [-0.15, -0.1) is 11.3 Å². The molecule has 5 heteroatoms. The Kier molecular flexibility index (Phi) is 4.40. The van der Waals surface area contributed by atoms with Crippen LogP contribution in [0.5, 0.6) is 0 Å². The van der Waals surface area contributed by atoms with E-state index in [1.165, 1.54) is 18.1 Å². The van der Waals surface area contributed by atoms with Gasteiger partial charge >= 0.3 is 0 Å². The molecule has 0 aromatic carbocycles. The predicted molar refractivity (Wildman–Crippen MR) is 82.1 cm³/mol. The van der Waals surface area contributed by atoms with E-state index in [0.717, 1.165) is 31.7 Å². The molecule has 3 heterocycles. The van der Waals surface area contributed by atoms with Crippen LogP contribution in [0.3, 0.4) is 0 Å². The minimum Gasteiger partial charge on any atom is -0.381 e. The molecule has 0 radical (unpaired) electrons. The summed E-state index contributed by atoms with van der Waals surface area (Å²) in [6, 6.07) is 0.637. The Morgan fingerprint density at radius 3 is 2.95 bits per heavy atom. The number of ether oxygens (including phenoxy) is 1. The standard InChI is InChI=1S/C15H25N3OS/c1-4-17-7-12-13(8-17)18(6-5-14(12)19-3)9-15-16-11(2)10-20-15/h10,12-14H,4-9H2,1-3H3/t12-,13+,14-/m1/s1. The van der Waals surface area contributed by atoms with Gasteiger partial charge in [0.25, 0.3) is 0 Å². The molecule has 112 valence electrons. The summed E-state index contributed by atoms with van der Waals surface area (Å²) in [5.41, 5.74) is 1.15. The van der Waals surface area contributed by atoms with Gasteiger partial charge in [0.2, 0.25) is 0 Å². The van der Waals surface area contributed by atoms with Crippen molar-refractivity contribution >= 4 is 11.3 Å². The lowest BCUT2D eigenvalue weighted by molar-refractivity contribution is -0.0245. The van der Waals surface area contributed by atoms with Gasteiger partial charge in [0.05, 0.1) is 12.6 Å². The molecule has 0 bridgehead atoms. The Labute approximate surface area is 125 Å². The third-order valence-electron chi connectivity index (χ3n) is 4.81. The van der Waals surface area contributed by atoms with Crippen molar-refractivity contribution in [1.82, 2.24) is 14.8 Å². The molecule has 0 spiro atoms. The molecule has 0 aliphatic carbocycles. The number of nitrogens with zero attached hydrogens (tertiary/aromatic N) is 3. The molecule has 2 saturated heterocycles. The van der Waals surface area contributed by atoms with Gasteiger partial charge < -0.3 is 9.64 Å². The summed E-state index contributed by atoms with van der Waals surface area (Å²) in [5.74, 6) is 0.662. The van der Waals surface area contributed by atoms with E-state index in [9.17, 15) is 0 Å². The van der Waals surface area contributed by atoms with E-state index in [4.69, 9.17) is 4.74 Å². The van der Waals surface area contributed by atoms with Crippen LogP contribution >= 0.6 is 11.3 Å². The van der Waals surface area contributed by atoms with Crippen LogP contribution in [0.15, 0.2) is 5.38 Å². The van der Waals surface area contributed by atoms with Crippen LogP contribution in [-0.4, -0.2) is 60.2 Å². The van der Waals surface area contributed by atoms with Gasteiger partial charge in [-0.05, 0) is 19.9 Å². The fraction of sp³-hybridized carbons (Fsp3) is 0.800. The number of methoxy groups -OCH3 is 1. The Balaban J connectivity index is 1.72. The van der Waals surface area contributed by atoms with Crippen molar-refractivity contribution in [3.8, 4) is 0 Å². The Bertz CT molecular complexity index is 450. The van der Waals surface area contributed by atoms with Crippen LogP contribution < -0.4 is 0 Å². The van der Waals surface area contributed by atoms with Gasteiger partial charge in [0, 0.05) is 49.8 Å². The lowest BCUT2D eigenvalue weighted by Crippen LogP contribution is -2.50. The molecule has 3 atom stereocenters. The van der Waals surface area contributed by atoms with E-state index < -0.39 is 0 Å². The Hall–Kier alpha value is -0.490. The van der Waals surface area contributed by atoms with Crippen LogP contribution in [0.4, 0.5) is 0 Å². The first-order chi connectivity index (χ1) is 9.71. The summed E-state index contributed by atoms with van der Waals surface area (Å²) in [7, 11) is 1.87. The van der Waals surface area contributed by atoms with E-state index in [-0.39, 0.29) is 0 Å². The van der Waals surface area contributed by atoms with Crippen molar-refractivity contribution in [2.75, 3.05) is 33.3 Å². The lowest BCUT2D eigenvalue weighted by atomic mass is 9.89. The molecular formula is C15H25N3OS. The summed E-state index contributed by atoms with van der Waals surface area (Å²) in [6.07, 6.45) is 1.59. The Morgan fingerprint density at radius 2 is 2.30 bits per heavy atom. The number of fused-ring (bicyclic) bond motifs is 1. The quantitative estimate of drug-likeness (QED) is 0.849. The van der Waals surface area contributed by atoms with Gasteiger partial charge in [-0.2, -0.15) is 0 Å². The van der Waals surface area contributed by atoms with Crippen molar-refractivity contribution in [3.63, 3.8) is 0 Å². The minimum absolute atomic E-state index is 0.436. The van der Waals surface area contributed by atoms with E-state index >= 15 is 0 Å². The molecule has 0 N–H and O–H groups in total. The van der Waals surface area contributed by atoms with E-state index in [2.05, 4.69) is 34.0 Å². The van der Waals surface area contributed by atoms with Crippen molar-refractivity contribution in [2.45, 2.75) is 39.0 Å².